The zero-order valence-electron chi connectivity index (χ0n) is 13.7. The van der Waals surface area contributed by atoms with Gasteiger partial charge in [-0.05, 0) is 37.0 Å². The molecule has 0 atom stereocenters. The largest absolute Gasteiger partial charge is 0.325 e. The maximum absolute atomic E-state index is 12.4. The van der Waals surface area contributed by atoms with E-state index in [1.807, 2.05) is 26.0 Å². The van der Waals surface area contributed by atoms with Gasteiger partial charge in [-0.15, -0.1) is 11.8 Å². The predicted octanol–water partition coefficient (Wildman–Crippen LogP) is 4.84. The van der Waals surface area contributed by atoms with E-state index in [0.717, 1.165) is 5.69 Å². The van der Waals surface area contributed by atoms with Gasteiger partial charge in [-0.1, -0.05) is 46.8 Å². The molecule has 0 bridgehead atoms. The van der Waals surface area contributed by atoms with Gasteiger partial charge >= 0.3 is 0 Å². The number of benzene rings is 1. The summed E-state index contributed by atoms with van der Waals surface area (Å²) >= 11 is 1.68. The predicted molar refractivity (Wildman–Crippen MR) is 90.6 cm³/mol. The number of carbonyl (C=O) groups excluding carboxylic acids is 1. The van der Waals surface area contributed by atoms with E-state index in [0.29, 0.717) is 5.25 Å². The zero-order valence-corrected chi connectivity index (χ0v) is 14.5. The highest BCUT2D eigenvalue weighted by atomic mass is 32.2. The molecule has 0 saturated heterocycles. The van der Waals surface area contributed by atoms with Gasteiger partial charge in [-0.25, -0.2) is 0 Å². The Hall–Kier alpha value is -0.960. The van der Waals surface area contributed by atoms with E-state index in [2.05, 4.69) is 52.1 Å². The van der Waals surface area contributed by atoms with E-state index in [4.69, 9.17) is 0 Å². The van der Waals surface area contributed by atoms with Crippen molar-refractivity contribution in [2.45, 2.75) is 63.9 Å². The van der Waals surface area contributed by atoms with E-state index in [9.17, 15) is 4.79 Å². The van der Waals surface area contributed by atoms with Gasteiger partial charge in [-0.2, -0.15) is 0 Å². The van der Waals surface area contributed by atoms with Gasteiger partial charge in [0.25, 0.3) is 0 Å². The first kappa shape index (κ1) is 17.1. The van der Waals surface area contributed by atoms with Gasteiger partial charge in [0, 0.05) is 10.9 Å². The lowest BCUT2D eigenvalue weighted by Crippen LogP contribution is -2.35. The fourth-order valence-corrected chi connectivity index (χ4v) is 3.32. The highest BCUT2D eigenvalue weighted by Crippen LogP contribution is 2.30. The molecule has 1 amide bonds. The van der Waals surface area contributed by atoms with Crippen LogP contribution in [-0.4, -0.2) is 15.9 Å². The number of nitrogens with one attached hydrogen (secondary N) is 1. The summed E-state index contributed by atoms with van der Waals surface area (Å²) in [5.74, 6) is 0.0576. The van der Waals surface area contributed by atoms with Crippen molar-refractivity contribution in [3.63, 3.8) is 0 Å². The van der Waals surface area contributed by atoms with Crippen LogP contribution in [0.15, 0.2) is 24.3 Å². The van der Waals surface area contributed by atoms with Crippen LogP contribution in [0.5, 0.6) is 0 Å². The van der Waals surface area contributed by atoms with Crippen LogP contribution < -0.4 is 5.32 Å². The molecule has 0 radical (unpaired) electrons. The SMILES string of the molecule is CC(C)SC(C)(C)C(=O)Nc1cccc(C(C)(C)C)c1. The summed E-state index contributed by atoms with van der Waals surface area (Å²) in [4.78, 5) is 12.4. The molecule has 0 saturated carbocycles. The smallest absolute Gasteiger partial charge is 0.240 e. The first-order chi connectivity index (χ1) is 9.02. The highest BCUT2D eigenvalue weighted by Gasteiger charge is 2.29. The Bertz CT molecular complexity index is 472. The Balaban J connectivity index is 2.86. The Morgan fingerprint density at radius 3 is 2.25 bits per heavy atom. The molecule has 0 aliphatic carbocycles. The molecule has 0 heterocycles. The van der Waals surface area contributed by atoms with Crippen molar-refractivity contribution in [3.8, 4) is 0 Å². The summed E-state index contributed by atoms with van der Waals surface area (Å²) in [7, 11) is 0. The van der Waals surface area contributed by atoms with Gasteiger partial charge < -0.3 is 5.32 Å². The Morgan fingerprint density at radius 2 is 1.75 bits per heavy atom. The molecule has 1 rings (SSSR count). The van der Waals surface area contributed by atoms with Gasteiger partial charge in [0.15, 0.2) is 0 Å². The molecule has 0 aliphatic rings. The van der Waals surface area contributed by atoms with Crippen molar-refractivity contribution in [2.24, 2.45) is 0 Å². The number of rotatable bonds is 4. The maximum Gasteiger partial charge on any atom is 0.240 e. The molecule has 1 N–H and O–H groups in total. The third-order valence-corrected chi connectivity index (χ3v) is 4.31. The van der Waals surface area contributed by atoms with E-state index in [1.54, 1.807) is 11.8 Å². The van der Waals surface area contributed by atoms with Crippen LogP contribution in [0, 0.1) is 0 Å². The number of amides is 1. The number of thioether (sulfide) groups is 1. The quantitative estimate of drug-likeness (QED) is 0.860. The maximum atomic E-state index is 12.4. The van der Waals surface area contributed by atoms with Crippen molar-refractivity contribution >= 4 is 23.4 Å². The van der Waals surface area contributed by atoms with Crippen molar-refractivity contribution in [1.29, 1.82) is 0 Å². The molecule has 3 heteroatoms. The Morgan fingerprint density at radius 1 is 1.15 bits per heavy atom. The molecule has 0 spiro atoms. The second kappa shape index (κ2) is 6.21. The Kier molecular flexibility index (Phi) is 5.31. The number of anilines is 1. The molecule has 1 aromatic rings. The van der Waals surface area contributed by atoms with Gasteiger partial charge in [0.2, 0.25) is 5.91 Å². The lowest BCUT2D eigenvalue weighted by Gasteiger charge is -2.26. The van der Waals surface area contributed by atoms with Crippen LogP contribution in [-0.2, 0) is 10.2 Å². The monoisotopic (exact) mass is 293 g/mol. The first-order valence-corrected chi connectivity index (χ1v) is 8.00. The summed E-state index contributed by atoms with van der Waals surface area (Å²) < 4.78 is -0.425. The molecular weight excluding hydrogens is 266 g/mol. The van der Waals surface area contributed by atoms with Crippen LogP contribution in [0.1, 0.15) is 54.0 Å². The molecule has 0 unspecified atom stereocenters. The normalized spacial score (nSPS) is 12.6. The summed E-state index contributed by atoms with van der Waals surface area (Å²) in [5, 5.41) is 3.47. The third-order valence-electron chi connectivity index (χ3n) is 3.06. The lowest BCUT2D eigenvalue weighted by molar-refractivity contribution is -0.117. The van der Waals surface area contributed by atoms with E-state index < -0.39 is 4.75 Å². The van der Waals surface area contributed by atoms with Crippen LogP contribution in [0.25, 0.3) is 0 Å². The molecule has 1 aromatic carbocycles. The molecular formula is C17H27NOS. The Labute approximate surface area is 127 Å². The van der Waals surface area contributed by atoms with Crippen molar-refractivity contribution in [1.82, 2.24) is 0 Å². The number of hydrogen-bond acceptors (Lipinski definition) is 2. The number of carbonyl (C=O) groups is 1. The number of hydrogen-bond donors (Lipinski definition) is 1. The van der Waals surface area contributed by atoms with E-state index in [-0.39, 0.29) is 11.3 Å². The minimum Gasteiger partial charge on any atom is -0.325 e. The average molecular weight is 293 g/mol. The van der Waals surface area contributed by atoms with Crippen LogP contribution in [0.2, 0.25) is 0 Å². The van der Waals surface area contributed by atoms with Crippen LogP contribution in [0.3, 0.4) is 0 Å². The fourth-order valence-electron chi connectivity index (χ4n) is 1.99. The zero-order chi connectivity index (χ0) is 15.6. The first-order valence-electron chi connectivity index (χ1n) is 7.12. The molecule has 20 heavy (non-hydrogen) atoms. The minimum atomic E-state index is -0.425. The van der Waals surface area contributed by atoms with Crippen molar-refractivity contribution < 1.29 is 4.79 Å². The standard InChI is InChI=1S/C17H27NOS/c1-12(2)20-17(6,7)15(19)18-14-10-8-9-13(11-14)16(3,4)5/h8-12H,1-7H3,(H,18,19). The molecule has 2 nitrogen and oxygen atoms in total. The molecule has 112 valence electrons. The van der Waals surface area contributed by atoms with E-state index >= 15 is 0 Å². The summed E-state index contributed by atoms with van der Waals surface area (Å²) in [5.41, 5.74) is 2.19. The van der Waals surface area contributed by atoms with Crippen LogP contribution >= 0.6 is 11.8 Å². The summed E-state index contributed by atoms with van der Waals surface area (Å²) in [6.07, 6.45) is 0. The second-order valence-corrected chi connectivity index (χ2v) is 9.16. The summed E-state index contributed by atoms with van der Waals surface area (Å²) in [6, 6.07) is 8.11. The van der Waals surface area contributed by atoms with Crippen molar-refractivity contribution in [3.05, 3.63) is 29.8 Å². The molecule has 0 aromatic heterocycles. The highest BCUT2D eigenvalue weighted by molar-refractivity contribution is 8.01. The van der Waals surface area contributed by atoms with Gasteiger partial charge in [-0.3, -0.25) is 4.79 Å². The second-order valence-electron chi connectivity index (χ2n) is 6.96. The molecule has 0 aliphatic heterocycles. The molecule has 0 fully saturated rings. The van der Waals surface area contributed by atoms with Crippen molar-refractivity contribution in [2.75, 3.05) is 5.32 Å². The van der Waals surface area contributed by atoms with Crippen LogP contribution in [0.4, 0.5) is 5.69 Å². The average Bonchev–Trinajstić information content (AvgIpc) is 2.26. The fraction of sp³-hybridized carbons (Fsp3) is 0.588. The minimum absolute atomic E-state index is 0.0576. The third kappa shape index (κ3) is 4.86. The summed E-state index contributed by atoms with van der Waals surface area (Å²) in [6.45, 7) is 14.7. The topological polar surface area (TPSA) is 29.1 Å². The van der Waals surface area contributed by atoms with Gasteiger partial charge in [0.05, 0.1) is 4.75 Å². The lowest BCUT2D eigenvalue weighted by atomic mass is 9.87. The van der Waals surface area contributed by atoms with Gasteiger partial charge in [0.1, 0.15) is 0 Å². The van der Waals surface area contributed by atoms with E-state index in [1.165, 1.54) is 5.56 Å².